The van der Waals surface area contributed by atoms with Gasteiger partial charge in [-0.15, -0.1) is 11.3 Å². The number of carbonyl (C=O) groups is 1. The lowest BCUT2D eigenvalue weighted by Crippen LogP contribution is -2.21. The Morgan fingerprint density at radius 2 is 2.32 bits per heavy atom. The highest BCUT2D eigenvalue weighted by Gasteiger charge is 2.08. The minimum Gasteiger partial charge on any atom is -0.346 e. The Balaban J connectivity index is 1.75. The van der Waals surface area contributed by atoms with Crippen LogP contribution in [0.2, 0.25) is 0 Å². The maximum absolute atomic E-state index is 11.8. The molecule has 5 heteroatoms. The van der Waals surface area contributed by atoms with Crippen molar-refractivity contribution < 1.29 is 4.79 Å². The molecule has 0 atom stereocenters. The molecular weight excluding hydrogens is 258 g/mol. The van der Waals surface area contributed by atoms with Crippen LogP contribution in [0.1, 0.15) is 20.9 Å². The van der Waals surface area contributed by atoms with Crippen molar-refractivity contribution in [1.29, 1.82) is 0 Å². The summed E-state index contributed by atoms with van der Waals surface area (Å²) in [7, 11) is 0. The Labute approximate surface area is 114 Å². The second kappa shape index (κ2) is 4.85. The van der Waals surface area contributed by atoms with Crippen LogP contribution in [0.25, 0.3) is 5.65 Å². The molecule has 0 saturated heterocycles. The van der Waals surface area contributed by atoms with Crippen molar-refractivity contribution in [3.63, 3.8) is 0 Å². The van der Waals surface area contributed by atoms with E-state index in [1.54, 1.807) is 0 Å². The standard InChI is InChI=1S/C14H13N3OS/c1-10-4-2-6-17-9-11(16-13(10)17)8-15-14(18)12-5-3-7-19-12/h2-7,9H,8H2,1H3,(H,15,18). The van der Waals surface area contributed by atoms with E-state index >= 15 is 0 Å². The number of carbonyl (C=O) groups excluding carboxylic acids is 1. The van der Waals surface area contributed by atoms with Gasteiger partial charge in [0.05, 0.1) is 17.1 Å². The summed E-state index contributed by atoms with van der Waals surface area (Å²) in [4.78, 5) is 17.1. The van der Waals surface area contributed by atoms with Gasteiger partial charge in [-0.2, -0.15) is 0 Å². The van der Waals surface area contributed by atoms with Crippen molar-refractivity contribution in [3.05, 3.63) is 58.2 Å². The number of aryl methyl sites for hydroxylation is 1. The summed E-state index contributed by atoms with van der Waals surface area (Å²) in [6.07, 6.45) is 3.90. The lowest BCUT2D eigenvalue weighted by Gasteiger charge is -1.99. The van der Waals surface area contributed by atoms with Gasteiger partial charge in [0, 0.05) is 12.4 Å². The lowest BCUT2D eigenvalue weighted by atomic mass is 10.3. The van der Waals surface area contributed by atoms with Crippen LogP contribution < -0.4 is 5.32 Å². The number of imidazole rings is 1. The fraction of sp³-hybridized carbons (Fsp3) is 0.143. The molecule has 0 unspecified atom stereocenters. The van der Waals surface area contributed by atoms with E-state index in [1.165, 1.54) is 11.3 Å². The van der Waals surface area contributed by atoms with Gasteiger partial charge in [0.25, 0.3) is 5.91 Å². The first-order chi connectivity index (χ1) is 9.24. The van der Waals surface area contributed by atoms with Crippen LogP contribution >= 0.6 is 11.3 Å². The van der Waals surface area contributed by atoms with Gasteiger partial charge in [-0.1, -0.05) is 12.1 Å². The quantitative estimate of drug-likeness (QED) is 0.796. The molecule has 4 nitrogen and oxygen atoms in total. The van der Waals surface area contributed by atoms with Crippen LogP contribution in [0.3, 0.4) is 0 Å². The summed E-state index contributed by atoms with van der Waals surface area (Å²) >= 11 is 1.44. The summed E-state index contributed by atoms with van der Waals surface area (Å²) in [5.41, 5.74) is 2.92. The summed E-state index contributed by atoms with van der Waals surface area (Å²) in [5, 5.41) is 4.77. The fourth-order valence-electron chi connectivity index (χ4n) is 1.96. The maximum Gasteiger partial charge on any atom is 0.261 e. The van der Waals surface area contributed by atoms with E-state index in [1.807, 2.05) is 53.4 Å². The first-order valence-corrected chi connectivity index (χ1v) is 6.87. The number of thiophene rings is 1. The van der Waals surface area contributed by atoms with Crippen molar-refractivity contribution in [2.45, 2.75) is 13.5 Å². The zero-order valence-electron chi connectivity index (χ0n) is 10.5. The van der Waals surface area contributed by atoms with Crippen LogP contribution in [0, 0.1) is 6.92 Å². The first-order valence-electron chi connectivity index (χ1n) is 5.99. The van der Waals surface area contributed by atoms with Crippen LogP contribution in [-0.2, 0) is 6.54 Å². The summed E-state index contributed by atoms with van der Waals surface area (Å²) in [5.74, 6) is -0.0521. The average Bonchev–Trinajstić information content (AvgIpc) is 3.05. The third-order valence-electron chi connectivity index (χ3n) is 2.90. The van der Waals surface area contributed by atoms with Gasteiger partial charge in [-0.3, -0.25) is 4.79 Å². The van der Waals surface area contributed by atoms with Crippen molar-refractivity contribution in [2.24, 2.45) is 0 Å². The third-order valence-corrected chi connectivity index (χ3v) is 3.77. The third kappa shape index (κ3) is 2.37. The molecule has 0 bridgehead atoms. The molecule has 1 amide bonds. The molecule has 96 valence electrons. The second-order valence-corrected chi connectivity index (χ2v) is 5.26. The molecule has 0 radical (unpaired) electrons. The van der Waals surface area contributed by atoms with Crippen molar-refractivity contribution in [3.8, 4) is 0 Å². The predicted octanol–water partition coefficient (Wildman–Crippen LogP) is 2.63. The van der Waals surface area contributed by atoms with E-state index in [-0.39, 0.29) is 5.91 Å². The van der Waals surface area contributed by atoms with E-state index in [2.05, 4.69) is 10.3 Å². The lowest BCUT2D eigenvalue weighted by molar-refractivity contribution is 0.0954. The molecule has 3 rings (SSSR count). The zero-order valence-corrected chi connectivity index (χ0v) is 11.3. The van der Waals surface area contributed by atoms with Crippen molar-refractivity contribution in [1.82, 2.24) is 14.7 Å². The second-order valence-electron chi connectivity index (χ2n) is 4.31. The van der Waals surface area contributed by atoms with Gasteiger partial charge in [0.2, 0.25) is 0 Å². The highest BCUT2D eigenvalue weighted by atomic mass is 32.1. The van der Waals surface area contributed by atoms with E-state index in [4.69, 9.17) is 0 Å². The molecule has 0 aliphatic rings. The number of nitrogens with one attached hydrogen (secondary N) is 1. The normalized spacial score (nSPS) is 10.8. The average molecular weight is 271 g/mol. The number of pyridine rings is 1. The number of hydrogen-bond acceptors (Lipinski definition) is 3. The molecule has 19 heavy (non-hydrogen) atoms. The number of amides is 1. The number of aromatic nitrogens is 2. The Bertz CT molecular complexity index is 715. The molecule has 0 aliphatic carbocycles. The molecular formula is C14H13N3OS. The van der Waals surface area contributed by atoms with Crippen LogP contribution in [0.5, 0.6) is 0 Å². The van der Waals surface area contributed by atoms with Gasteiger partial charge < -0.3 is 9.72 Å². The minimum absolute atomic E-state index is 0.0521. The Morgan fingerprint density at radius 1 is 1.42 bits per heavy atom. The van der Waals surface area contributed by atoms with E-state index in [0.29, 0.717) is 6.54 Å². The molecule has 0 aromatic carbocycles. The minimum atomic E-state index is -0.0521. The number of fused-ring (bicyclic) bond motifs is 1. The SMILES string of the molecule is Cc1cccn2cc(CNC(=O)c3cccs3)nc12. The van der Waals surface area contributed by atoms with E-state index < -0.39 is 0 Å². The Morgan fingerprint density at radius 3 is 3.05 bits per heavy atom. The fourth-order valence-corrected chi connectivity index (χ4v) is 2.60. The van der Waals surface area contributed by atoms with Crippen molar-refractivity contribution >= 4 is 22.9 Å². The molecule has 0 spiro atoms. The van der Waals surface area contributed by atoms with E-state index in [9.17, 15) is 4.79 Å². The Hall–Kier alpha value is -2.14. The summed E-state index contributed by atoms with van der Waals surface area (Å²) in [6.45, 7) is 2.47. The monoisotopic (exact) mass is 271 g/mol. The predicted molar refractivity (Wildman–Crippen MR) is 75.4 cm³/mol. The highest BCUT2D eigenvalue weighted by Crippen LogP contribution is 2.11. The molecule has 3 heterocycles. The van der Waals surface area contributed by atoms with Crippen molar-refractivity contribution in [2.75, 3.05) is 0 Å². The zero-order chi connectivity index (χ0) is 13.2. The largest absolute Gasteiger partial charge is 0.346 e. The smallest absolute Gasteiger partial charge is 0.261 e. The maximum atomic E-state index is 11.8. The van der Waals surface area contributed by atoms with Gasteiger partial charge in [0.1, 0.15) is 5.65 Å². The van der Waals surface area contributed by atoms with Crippen LogP contribution in [-0.4, -0.2) is 15.3 Å². The topological polar surface area (TPSA) is 46.4 Å². The number of hydrogen-bond donors (Lipinski definition) is 1. The first kappa shape index (κ1) is 11.9. The van der Waals surface area contributed by atoms with Gasteiger partial charge in [0.15, 0.2) is 0 Å². The molecule has 0 aliphatic heterocycles. The summed E-state index contributed by atoms with van der Waals surface area (Å²) in [6, 6.07) is 7.69. The molecule has 3 aromatic rings. The highest BCUT2D eigenvalue weighted by molar-refractivity contribution is 7.12. The Kier molecular flexibility index (Phi) is 3.05. The number of nitrogens with zero attached hydrogens (tertiary/aromatic N) is 2. The van der Waals surface area contributed by atoms with Gasteiger partial charge >= 0.3 is 0 Å². The molecule has 0 saturated carbocycles. The van der Waals surface area contributed by atoms with Gasteiger partial charge in [-0.05, 0) is 30.0 Å². The van der Waals surface area contributed by atoms with Gasteiger partial charge in [-0.25, -0.2) is 4.98 Å². The molecule has 0 fully saturated rings. The van der Waals surface area contributed by atoms with E-state index in [0.717, 1.165) is 21.8 Å². The number of rotatable bonds is 3. The molecule has 1 N–H and O–H groups in total. The molecule has 3 aromatic heterocycles. The summed E-state index contributed by atoms with van der Waals surface area (Å²) < 4.78 is 1.97. The van der Waals surface area contributed by atoms with Crippen LogP contribution in [0.4, 0.5) is 0 Å². The van der Waals surface area contributed by atoms with Crippen LogP contribution in [0.15, 0.2) is 42.0 Å².